The van der Waals surface area contributed by atoms with Crippen LogP contribution < -0.4 is 11.1 Å². The molecule has 60 valence electrons. The molecule has 0 aromatic carbocycles. The van der Waals surface area contributed by atoms with Gasteiger partial charge in [-0.3, -0.25) is 0 Å². The van der Waals surface area contributed by atoms with Gasteiger partial charge in [0.25, 0.3) is 0 Å². The summed E-state index contributed by atoms with van der Waals surface area (Å²) in [5, 5.41) is 2.92. The van der Waals surface area contributed by atoms with E-state index in [-0.39, 0.29) is 5.82 Å². The molecule has 0 spiro atoms. The second kappa shape index (κ2) is 3.88. The number of anilines is 1. The minimum atomic E-state index is -0.330. The van der Waals surface area contributed by atoms with Crippen molar-refractivity contribution in [3.63, 3.8) is 0 Å². The average molecular weight is 155 g/mol. The van der Waals surface area contributed by atoms with Gasteiger partial charge in [-0.05, 0) is 12.1 Å². The molecule has 3 nitrogen and oxygen atoms in total. The van der Waals surface area contributed by atoms with Crippen LogP contribution in [0.25, 0.3) is 0 Å². The molecule has 0 radical (unpaired) electrons. The van der Waals surface area contributed by atoms with Crippen LogP contribution in [0.2, 0.25) is 0 Å². The Morgan fingerprint density at radius 1 is 1.55 bits per heavy atom. The predicted molar refractivity (Wildman–Crippen MR) is 41.7 cm³/mol. The molecule has 0 bridgehead atoms. The molecule has 4 heteroatoms. The Labute approximate surface area is 64.4 Å². The van der Waals surface area contributed by atoms with E-state index in [1.807, 2.05) is 0 Å². The van der Waals surface area contributed by atoms with E-state index in [9.17, 15) is 4.39 Å². The van der Waals surface area contributed by atoms with Gasteiger partial charge in [0.15, 0.2) is 0 Å². The molecule has 0 aliphatic carbocycles. The van der Waals surface area contributed by atoms with E-state index >= 15 is 0 Å². The Bertz CT molecular complexity index is 209. The van der Waals surface area contributed by atoms with Crippen molar-refractivity contribution < 1.29 is 4.39 Å². The second-order valence-corrected chi connectivity index (χ2v) is 2.08. The minimum Gasteiger partial charge on any atom is -0.369 e. The number of nitrogens with one attached hydrogen (secondary N) is 1. The molecule has 0 atom stereocenters. The molecule has 1 aromatic rings. The summed E-state index contributed by atoms with van der Waals surface area (Å²) in [6.07, 6.45) is 1.17. The largest absolute Gasteiger partial charge is 0.369 e. The van der Waals surface area contributed by atoms with E-state index in [1.165, 1.54) is 12.3 Å². The van der Waals surface area contributed by atoms with Crippen LogP contribution in [0, 0.1) is 5.82 Å². The van der Waals surface area contributed by atoms with Gasteiger partial charge in [-0.15, -0.1) is 0 Å². The quantitative estimate of drug-likeness (QED) is 0.671. The molecule has 0 aliphatic heterocycles. The second-order valence-electron chi connectivity index (χ2n) is 2.08. The van der Waals surface area contributed by atoms with Crippen molar-refractivity contribution in [2.75, 3.05) is 18.4 Å². The molecule has 1 rings (SSSR count). The van der Waals surface area contributed by atoms with E-state index in [0.717, 1.165) is 0 Å². The number of hydrogen-bond acceptors (Lipinski definition) is 3. The first-order chi connectivity index (χ1) is 5.33. The van der Waals surface area contributed by atoms with Crippen LogP contribution in [0.15, 0.2) is 18.3 Å². The van der Waals surface area contributed by atoms with Crippen LogP contribution in [0.1, 0.15) is 0 Å². The molecule has 0 saturated heterocycles. The third-order valence-corrected chi connectivity index (χ3v) is 1.18. The zero-order valence-corrected chi connectivity index (χ0v) is 6.05. The van der Waals surface area contributed by atoms with Gasteiger partial charge in [0.2, 0.25) is 0 Å². The predicted octanol–water partition coefficient (Wildman–Crippen LogP) is 0.591. The van der Waals surface area contributed by atoms with Crippen molar-refractivity contribution >= 4 is 5.82 Å². The standard InChI is InChI=1S/C7H10FN3/c8-6-1-2-7(11-5-6)10-4-3-9/h1-2,5H,3-4,9H2,(H,10,11). The Kier molecular flexibility index (Phi) is 2.80. The molecule has 1 aromatic heterocycles. The minimum absolute atomic E-state index is 0.330. The topological polar surface area (TPSA) is 50.9 Å². The monoisotopic (exact) mass is 155 g/mol. The molecular formula is C7H10FN3. The van der Waals surface area contributed by atoms with E-state index in [4.69, 9.17) is 5.73 Å². The highest BCUT2D eigenvalue weighted by atomic mass is 19.1. The number of nitrogens with zero attached hydrogens (tertiary/aromatic N) is 1. The van der Waals surface area contributed by atoms with Crippen molar-refractivity contribution in [2.24, 2.45) is 5.73 Å². The fourth-order valence-corrected chi connectivity index (χ4v) is 0.681. The highest BCUT2D eigenvalue weighted by Gasteiger charge is 1.91. The Morgan fingerprint density at radius 3 is 2.91 bits per heavy atom. The summed E-state index contributed by atoms with van der Waals surface area (Å²) in [6.45, 7) is 1.19. The summed E-state index contributed by atoms with van der Waals surface area (Å²) in [7, 11) is 0. The molecule has 0 fully saturated rings. The van der Waals surface area contributed by atoms with Gasteiger partial charge in [0.1, 0.15) is 11.6 Å². The van der Waals surface area contributed by atoms with E-state index < -0.39 is 0 Å². The smallest absolute Gasteiger partial charge is 0.141 e. The lowest BCUT2D eigenvalue weighted by molar-refractivity contribution is 0.621. The van der Waals surface area contributed by atoms with Crippen LogP contribution in [0.4, 0.5) is 10.2 Å². The Morgan fingerprint density at radius 2 is 2.36 bits per heavy atom. The maximum absolute atomic E-state index is 12.3. The van der Waals surface area contributed by atoms with Crippen LogP contribution in [0.5, 0.6) is 0 Å². The Hall–Kier alpha value is -1.16. The lowest BCUT2D eigenvalue weighted by atomic mass is 10.4. The van der Waals surface area contributed by atoms with Gasteiger partial charge < -0.3 is 11.1 Å². The Balaban J connectivity index is 2.52. The molecule has 1 heterocycles. The van der Waals surface area contributed by atoms with Crippen LogP contribution in [-0.4, -0.2) is 18.1 Å². The number of rotatable bonds is 3. The lowest BCUT2D eigenvalue weighted by Crippen LogP contribution is -2.13. The molecule has 3 N–H and O–H groups in total. The summed E-state index contributed by atoms with van der Waals surface area (Å²) in [5.74, 6) is 0.320. The van der Waals surface area contributed by atoms with E-state index in [1.54, 1.807) is 6.07 Å². The molecule has 11 heavy (non-hydrogen) atoms. The molecular weight excluding hydrogens is 145 g/mol. The summed E-state index contributed by atoms with van der Waals surface area (Å²) in [4.78, 5) is 3.77. The highest BCUT2D eigenvalue weighted by Crippen LogP contribution is 2.01. The van der Waals surface area contributed by atoms with Crippen molar-refractivity contribution in [1.29, 1.82) is 0 Å². The first kappa shape index (κ1) is 7.94. The number of pyridine rings is 1. The number of nitrogens with two attached hydrogens (primary N) is 1. The fourth-order valence-electron chi connectivity index (χ4n) is 0.681. The van der Waals surface area contributed by atoms with Gasteiger partial charge in [-0.2, -0.15) is 0 Å². The number of hydrogen-bond donors (Lipinski definition) is 2. The number of aromatic nitrogens is 1. The van der Waals surface area contributed by atoms with Crippen molar-refractivity contribution in [3.05, 3.63) is 24.1 Å². The van der Waals surface area contributed by atoms with E-state index in [0.29, 0.717) is 18.9 Å². The zero-order valence-electron chi connectivity index (χ0n) is 6.05. The van der Waals surface area contributed by atoms with Crippen molar-refractivity contribution in [1.82, 2.24) is 4.98 Å². The first-order valence-corrected chi connectivity index (χ1v) is 3.38. The van der Waals surface area contributed by atoms with Gasteiger partial charge in [-0.1, -0.05) is 0 Å². The maximum Gasteiger partial charge on any atom is 0.141 e. The van der Waals surface area contributed by atoms with Crippen LogP contribution in [-0.2, 0) is 0 Å². The van der Waals surface area contributed by atoms with Crippen LogP contribution in [0.3, 0.4) is 0 Å². The molecule has 0 saturated carbocycles. The summed E-state index contributed by atoms with van der Waals surface area (Å²) >= 11 is 0. The normalized spacial score (nSPS) is 9.64. The van der Waals surface area contributed by atoms with Crippen LogP contribution >= 0.6 is 0 Å². The van der Waals surface area contributed by atoms with Gasteiger partial charge in [-0.25, -0.2) is 9.37 Å². The third-order valence-electron chi connectivity index (χ3n) is 1.18. The lowest BCUT2D eigenvalue weighted by Gasteiger charge is -2.01. The third kappa shape index (κ3) is 2.51. The zero-order chi connectivity index (χ0) is 8.10. The highest BCUT2D eigenvalue weighted by molar-refractivity contribution is 5.33. The fraction of sp³-hybridized carbons (Fsp3) is 0.286. The number of halogens is 1. The van der Waals surface area contributed by atoms with Crippen molar-refractivity contribution in [2.45, 2.75) is 0 Å². The summed E-state index contributed by atoms with van der Waals surface area (Å²) in [6, 6.07) is 2.93. The summed E-state index contributed by atoms with van der Waals surface area (Å²) < 4.78 is 12.3. The van der Waals surface area contributed by atoms with Crippen molar-refractivity contribution in [3.8, 4) is 0 Å². The van der Waals surface area contributed by atoms with Gasteiger partial charge >= 0.3 is 0 Å². The first-order valence-electron chi connectivity index (χ1n) is 3.38. The molecule has 0 amide bonds. The maximum atomic E-state index is 12.3. The van der Waals surface area contributed by atoms with Gasteiger partial charge in [0, 0.05) is 13.1 Å². The SMILES string of the molecule is NCCNc1ccc(F)cn1. The van der Waals surface area contributed by atoms with E-state index in [2.05, 4.69) is 10.3 Å². The van der Waals surface area contributed by atoms with Gasteiger partial charge in [0.05, 0.1) is 6.20 Å². The summed E-state index contributed by atoms with van der Waals surface area (Å²) in [5.41, 5.74) is 5.24. The molecule has 0 aliphatic rings. The average Bonchev–Trinajstić information content (AvgIpc) is 2.04. The molecule has 0 unspecified atom stereocenters.